The molecule has 3 saturated heterocycles. The van der Waals surface area contributed by atoms with E-state index >= 15 is 0 Å². The van der Waals surface area contributed by atoms with E-state index in [-0.39, 0.29) is 38.4 Å². The summed E-state index contributed by atoms with van der Waals surface area (Å²) in [6.45, 7) is 11.6. The molecule has 0 spiro atoms. The Bertz CT molecular complexity index is 2260. The summed E-state index contributed by atoms with van der Waals surface area (Å²) < 4.78 is 65.3. The highest BCUT2D eigenvalue weighted by atomic mass is 28.4. The average Bonchev–Trinajstić information content (AvgIpc) is 3.34. The largest absolute Gasteiger partial charge is 0.456 e. The van der Waals surface area contributed by atoms with Gasteiger partial charge in [-0.2, -0.15) is 0 Å². The number of unbranched alkanes of at least 4 members (excludes halogenated alkanes) is 3. The summed E-state index contributed by atoms with van der Waals surface area (Å²) in [5.74, 6) is -3.15. The summed E-state index contributed by atoms with van der Waals surface area (Å²) in [4.78, 5) is 68.3. The highest BCUT2D eigenvalue weighted by Crippen LogP contribution is 2.41. The fourth-order valence-corrected chi connectivity index (χ4v) is 14.0. The van der Waals surface area contributed by atoms with Crippen LogP contribution >= 0.6 is 0 Å². The monoisotopic (exact) mass is 1020 g/mol. The maximum Gasteiger partial charge on any atom is 0.306 e. The van der Waals surface area contributed by atoms with Gasteiger partial charge in [-0.15, -0.1) is 0 Å². The van der Waals surface area contributed by atoms with Crippen LogP contribution in [0.15, 0.2) is 96.1 Å². The van der Waals surface area contributed by atoms with Gasteiger partial charge in [-0.1, -0.05) is 130 Å². The number of amides is 1. The summed E-state index contributed by atoms with van der Waals surface area (Å²) in [6.07, 6.45) is -10.3. The Kier molecular flexibility index (Phi) is 20.5. The zero-order valence-electron chi connectivity index (χ0n) is 42.0. The molecule has 3 aliphatic heterocycles. The Morgan fingerprint density at radius 3 is 1.92 bits per heavy atom. The number of rotatable bonds is 23. The van der Waals surface area contributed by atoms with E-state index in [1.54, 1.807) is 0 Å². The molecule has 0 bridgehead atoms. The molecule has 0 unspecified atom stereocenters. The quantitative estimate of drug-likeness (QED) is 0.0216. The first-order valence-corrected chi connectivity index (χ1v) is 26.4. The van der Waals surface area contributed by atoms with Crippen molar-refractivity contribution in [1.82, 2.24) is 5.32 Å². The molecular formula is C52H68N4O15Si. The van der Waals surface area contributed by atoms with Crippen molar-refractivity contribution < 1.29 is 71.0 Å². The summed E-state index contributed by atoms with van der Waals surface area (Å²) in [7, 11) is -3.34. The Hall–Kier alpha value is -5.54. The number of hydrogen-bond donors (Lipinski definition) is 1. The van der Waals surface area contributed by atoms with E-state index in [1.807, 2.05) is 91.0 Å². The fourth-order valence-electron chi connectivity index (χ4n) is 9.45. The molecule has 11 atom stereocenters. The minimum Gasteiger partial charge on any atom is -0.456 e. The van der Waals surface area contributed by atoms with Crippen molar-refractivity contribution in [3.05, 3.63) is 107 Å². The molecular weight excluding hydrogens is 949 g/mol. The first-order valence-electron chi connectivity index (χ1n) is 24.5. The predicted octanol–water partition coefficient (Wildman–Crippen LogP) is 6.05. The Balaban J connectivity index is 1.45. The lowest BCUT2D eigenvalue weighted by atomic mass is 9.94. The first-order chi connectivity index (χ1) is 34.5. The molecule has 19 nitrogen and oxygen atoms in total. The van der Waals surface area contributed by atoms with Gasteiger partial charge in [-0.25, -0.2) is 0 Å². The van der Waals surface area contributed by atoms with E-state index in [0.717, 1.165) is 30.1 Å². The van der Waals surface area contributed by atoms with Gasteiger partial charge in [0, 0.05) is 50.8 Å². The Morgan fingerprint density at radius 2 is 1.33 bits per heavy atom. The van der Waals surface area contributed by atoms with Crippen LogP contribution in [0.4, 0.5) is 0 Å². The number of nitrogens with one attached hydrogen (secondary N) is 1. The number of benzene rings is 3. The van der Waals surface area contributed by atoms with Crippen LogP contribution in [-0.4, -0.2) is 126 Å². The predicted molar refractivity (Wildman–Crippen MR) is 263 cm³/mol. The molecule has 72 heavy (non-hydrogen) atoms. The number of ketones is 1. The van der Waals surface area contributed by atoms with Gasteiger partial charge in [0.25, 0.3) is 8.32 Å². The first kappa shape index (κ1) is 55.8. The third-order valence-corrected chi connectivity index (χ3v) is 17.6. The maximum absolute atomic E-state index is 13.8. The average molecular weight is 1020 g/mol. The number of esters is 3. The van der Waals surface area contributed by atoms with Crippen LogP contribution in [0.1, 0.15) is 98.8 Å². The highest BCUT2D eigenvalue weighted by molar-refractivity contribution is 6.99. The van der Waals surface area contributed by atoms with E-state index < -0.39 is 105 Å². The summed E-state index contributed by atoms with van der Waals surface area (Å²) >= 11 is 0. The van der Waals surface area contributed by atoms with Crippen molar-refractivity contribution in [2.45, 2.75) is 160 Å². The lowest BCUT2D eigenvalue weighted by Gasteiger charge is -2.52. The van der Waals surface area contributed by atoms with Crippen LogP contribution in [0.5, 0.6) is 0 Å². The van der Waals surface area contributed by atoms with Gasteiger partial charge in [-0.3, -0.25) is 19.2 Å². The number of ether oxygens (including phenoxy) is 9. The van der Waals surface area contributed by atoms with Crippen LogP contribution in [0, 0.1) is 0 Å². The van der Waals surface area contributed by atoms with Gasteiger partial charge in [0.15, 0.2) is 37.2 Å². The van der Waals surface area contributed by atoms with Crippen LogP contribution in [-0.2, 0) is 71.0 Å². The van der Waals surface area contributed by atoms with Crippen molar-refractivity contribution in [1.29, 1.82) is 0 Å². The highest BCUT2D eigenvalue weighted by Gasteiger charge is 2.59. The molecule has 1 amide bonds. The van der Waals surface area contributed by atoms with Crippen molar-refractivity contribution >= 4 is 48.3 Å². The van der Waals surface area contributed by atoms with Gasteiger partial charge < -0.3 is 57.2 Å². The molecule has 1 N–H and O–H groups in total. The minimum absolute atomic E-state index is 0.00884. The van der Waals surface area contributed by atoms with Gasteiger partial charge >= 0.3 is 17.9 Å². The van der Waals surface area contributed by atoms with E-state index in [2.05, 4.69) is 36.1 Å². The number of hydrogen-bond acceptors (Lipinski definition) is 16. The van der Waals surface area contributed by atoms with E-state index in [0.29, 0.717) is 24.9 Å². The second-order valence-electron chi connectivity index (χ2n) is 19.1. The normalized spacial score (nSPS) is 26.2. The molecule has 390 valence electrons. The molecule has 0 aromatic heterocycles. The topological polar surface area (TPSA) is 238 Å². The minimum atomic E-state index is -3.34. The van der Waals surface area contributed by atoms with Crippen LogP contribution in [0.25, 0.3) is 10.4 Å². The van der Waals surface area contributed by atoms with Crippen LogP contribution in [0.2, 0.25) is 5.04 Å². The molecule has 20 heteroatoms. The molecule has 3 fully saturated rings. The lowest BCUT2D eigenvalue weighted by molar-refractivity contribution is -0.378. The smallest absolute Gasteiger partial charge is 0.306 e. The summed E-state index contributed by atoms with van der Waals surface area (Å²) in [6, 6.07) is 27.8. The van der Waals surface area contributed by atoms with Crippen LogP contribution in [0.3, 0.4) is 0 Å². The second kappa shape index (κ2) is 26.4. The molecule has 3 aromatic carbocycles. The van der Waals surface area contributed by atoms with E-state index in [1.165, 1.54) is 20.8 Å². The zero-order chi connectivity index (χ0) is 51.8. The van der Waals surface area contributed by atoms with Gasteiger partial charge in [0.2, 0.25) is 5.91 Å². The number of azide groups is 1. The van der Waals surface area contributed by atoms with Gasteiger partial charge in [-0.05, 0) is 40.7 Å². The molecule has 3 heterocycles. The van der Waals surface area contributed by atoms with Gasteiger partial charge in [0.05, 0.1) is 19.6 Å². The number of carbonyl (C=O) groups is 5. The number of nitrogens with zero attached hydrogens (tertiary/aromatic N) is 3. The van der Waals surface area contributed by atoms with Crippen molar-refractivity contribution in [2.75, 3.05) is 26.4 Å². The van der Waals surface area contributed by atoms with E-state index in [9.17, 15) is 24.0 Å². The lowest BCUT2D eigenvalue weighted by Crippen LogP contribution is -2.71. The molecule has 0 aliphatic carbocycles. The summed E-state index contributed by atoms with van der Waals surface area (Å²) in [5.41, 5.74) is 9.35. The van der Waals surface area contributed by atoms with Crippen molar-refractivity contribution in [2.24, 2.45) is 5.11 Å². The second-order valence-corrected chi connectivity index (χ2v) is 23.4. The fraction of sp³-hybridized carbons (Fsp3) is 0.558. The van der Waals surface area contributed by atoms with E-state index in [4.69, 9.17) is 52.6 Å². The third kappa shape index (κ3) is 14.6. The molecule has 3 aliphatic rings. The molecule has 0 saturated carbocycles. The number of Topliss-reactive ketones (excluding diaryl/α,β-unsaturated/α-hetero) is 1. The zero-order valence-corrected chi connectivity index (χ0v) is 43.0. The van der Waals surface area contributed by atoms with Crippen molar-refractivity contribution in [3.8, 4) is 0 Å². The molecule has 6 rings (SSSR count). The number of carbonyl (C=O) groups excluding carboxylic acids is 5. The summed E-state index contributed by atoms with van der Waals surface area (Å²) in [5, 5.41) is 7.92. The maximum atomic E-state index is 13.8. The third-order valence-electron chi connectivity index (χ3n) is 12.6. The number of fused-ring (bicyclic) bond motifs is 1. The standard InChI is InChI=1S/C52H68N4O15Si/c1-33(57)27-28-42(61)69-47-45(65-35(3)59)41(32-64-72(52(5,6)7,38-23-15-11-16-24-38)39-25-17-12-18-26-39)68-51(48(47)66-36(4)60)71-46-43(55-34(2)58)50(62-30-20-9-8-19-29-54-56-53)67-40-31-63-49(70-44(40)46)37-21-13-10-14-22-37/h10-18,21-26,40-41,43-51H,8-9,19-20,27-32H2,1-7H3,(H,55,58)/t40-,41-,43-,44-,45+,46-,47+,48-,49-,50-,51+/m1/s1. The Labute approximate surface area is 421 Å². The van der Waals surface area contributed by atoms with Gasteiger partial charge in [0.1, 0.15) is 36.2 Å². The van der Waals surface area contributed by atoms with Crippen LogP contribution < -0.4 is 15.7 Å². The van der Waals surface area contributed by atoms with Crippen molar-refractivity contribution in [3.63, 3.8) is 0 Å². The Morgan fingerprint density at radius 1 is 0.722 bits per heavy atom. The molecule has 3 aromatic rings. The SMILES string of the molecule is CC(=O)CCC(=O)O[C@H]1[C@@H](OC(C)=O)[C@@H](CO[Si](c2ccccc2)(c2ccccc2)C(C)(C)C)O[C@@H](O[C@@H]2[C@@H](NC(C)=O)[C@H](OCCCCCCN=[N+]=[N-])O[C@@H]3CO[C@@H](c4ccccc4)O[C@@H]23)[C@@H]1OC(C)=O. The molecule has 0 radical (unpaired) electrons.